The molecule has 0 spiro atoms. The molecule has 0 aromatic heterocycles. The summed E-state index contributed by atoms with van der Waals surface area (Å²) in [4.78, 5) is 0. The highest BCUT2D eigenvalue weighted by atomic mass is 32.2. The molecule has 0 amide bonds. The van der Waals surface area contributed by atoms with E-state index in [1.807, 2.05) is 6.92 Å². The minimum Gasteiger partial charge on any atom is -0.476 e. The van der Waals surface area contributed by atoms with E-state index in [0.29, 0.717) is 0 Å². The number of methoxy groups -OCH3 is 1. The first-order chi connectivity index (χ1) is 19.6. The third-order valence-corrected chi connectivity index (χ3v) is 7.07. The van der Waals surface area contributed by atoms with Crippen LogP contribution in [0.5, 0.6) is 0 Å². The van der Waals surface area contributed by atoms with Crippen LogP contribution in [0.4, 0.5) is 0 Å². The number of rotatable bonds is 11. The lowest BCUT2D eigenvalue weighted by atomic mass is 9.90. The molecule has 22 heteroatoms. The first-order valence-electron chi connectivity index (χ1n) is 11.4. The Balaban J connectivity index is 2.56. The number of thiol groups is 6. The molecule has 2 aliphatic rings. The zero-order chi connectivity index (χ0) is 31.8. The second-order valence-electron chi connectivity index (χ2n) is 8.42. The maximum Gasteiger partial charge on any atom is 0.307 e. The maximum absolute atomic E-state index is 6.48. The number of hydrogen-bond donors (Lipinski definition) is 6. The predicted octanol–water partition coefficient (Wildman–Crippen LogP) is 4.32. The summed E-state index contributed by atoms with van der Waals surface area (Å²) in [6.45, 7) is 1.69. The molecule has 0 aromatic rings. The van der Waals surface area contributed by atoms with Gasteiger partial charge in [0.1, 0.15) is 31.5 Å². The number of hydrogen-bond acceptors (Lipinski definition) is 16. The summed E-state index contributed by atoms with van der Waals surface area (Å²) < 4.78 is 58.0. The summed E-state index contributed by atoms with van der Waals surface area (Å²) in [5.41, 5.74) is 0. The van der Waals surface area contributed by atoms with Crippen LogP contribution in [0, 0.1) is 5.92 Å². The molecule has 0 radical (unpaired) electrons. The Hall–Kier alpha value is 1.28. The first kappa shape index (κ1) is 39.5. The first-order valence-corrected chi connectivity index (χ1v) is 16.6. The summed E-state index contributed by atoms with van der Waals surface area (Å²) in [6, 6.07) is 0. The van der Waals surface area contributed by atoms with E-state index in [-0.39, 0.29) is 45.9 Å². The second-order valence-corrected chi connectivity index (χ2v) is 14.9. The van der Waals surface area contributed by atoms with Crippen molar-refractivity contribution in [2.45, 2.75) is 62.2 Å². The van der Waals surface area contributed by atoms with Crippen molar-refractivity contribution in [3.8, 4) is 0 Å². The lowest BCUT2D eigenvalue weighted by molar-refractivity contribution is -0.376. The summed E-state index contributed by atoms with van der Waals surface area (Å²) in [5.74, 6) is -2.20. The van der Waals surface area contributed by atoms with Crippen molar-refractivity contribution in [3.63, 3.8) is 0 Å². The molecule has 2 aliphatic heterocycles. The molecule has 2 heterocycles. The van der Waals surface area contributed by atoms with E-state index in [0.717, 1.165) is 0 Å². The van der Waals surface area contributed by atoms with Gasteiger partial charge in [-0.1, -0.05) is 82.7 Å². The van der Waals surface area contributed by atoms with E-state index in [2.05, 4.69) is 75.8 Å². The molecule has 2 saturated heterocycles. The Bertz CT molecular complexity index is 1020. The van der Waals surface area contributed by atoms with Gasteiger partial charge in [0, 0.05) is 13.0 Å². The normalized spacial score (nSPS) is 30.3. The number of ether oxygens (including phenoxy) is 10. The van der Waals surface area contributed by atoms with Crippen LogP contribution in [0.25, 0.3) is 0 Å². The van der Waals surface area contributed by atoms with Crippen molar-refractivity contribution in [3.05, 3.63) is 0 Å². The summed E-state index contributed by atoms with van der Waals surface area (Å²) >= 11 is 54.8. The van der Waals surface area contributed by atoms with E-state index in [4.69, 9.17) is 121 Å². The molecule has 8 atom stereocenters. The third kappa shape index (κ3) is 12.1. The fourth-order valence-electron chi connectivity index (χ4n) is 4.22. The predicted molar refractivity (Wildman–Crippen MR) is 199 cm³/mol. The van der Waals surface area contributed by atoms with Crippen LogP contribution in [0.1, 0.15) is 13.3 Å². The molecular weight excluding hydrogens is 785 g/mol. The topological polar surface area (TPSA) is 92.3 Å². The van der Waals surface area contributed by atoms with E-state index < -0.39 is 54.8 Å². The van der Waals surface area contributed by atoms with Gasteiger partial charge < -0.3 is 47.4 Å². The van der Waals surface area contributed by atoms with Gasteiger partial charge in [0.15, 0.2) is 12.4 Å². The Morgan fingerprint density at radius 3 is 1.67 bits per heavy atom. The quantitative estimate of drug-likeness (QED) is 0.102. The third-order valence-electron chi connectivity index (χ3n) is 5.82. The van der Waals surface area contributed by atoms with Crippen molar-refractivity contribution in [2.24, 2.45) is 5.92 Å². The fraction of sp³-hybridized carbons (Fsp3) is 0.700. The molecule has 0 aromatic carbocycles. The van der Waals surface area contributed by atoms with Crippen molar-refractivity contribution in [1.82, 2.24) is 0 Å². The Morgan fingerprint density at radius 1 is 0.714 bits per heavy atom. The lowest BCUT2D eigenvalue weighted by Crippen LogP contribution is -2.64. The van der Waals surface area contributed by atoms with Crippen LogP contribution in [0.15, 0.2) is 0 Å². The highest BCUT2D eigenvalue weighted by molar-refractivity contribution is 8.12. The molecule has 0 bridgehead atoms. The van der Waals surface area contributed by atoms with Crippen molar-refractivity contribution < 1.29 is 47.4 Å². The summed E-state index contributed by atoms with van der Waals surface area (Å²) in [7, 11) is 1.36. The van der Waals surface area contributed by atoms with Crippen LogP contribution in [0.2, 0.25) is 0 Å². The van der Waals surface area contributed by atoms with Gasteiger partial charge in [-0.2, -0.15) is 0 Å². The molecular formula is C20H26O10S12. The molecule has 4 unspecified atom stereocenters. The van der Waals surface area contributed by atoms with Gasteiger partial charge in [-0.15, -0.1) is 0 Å². The van der Waals surface area contributed by atoms with Crippen molar-refractivity contribution in [1.29, 1.82) is 0 Å². The molecule has 2 fully saturated rings. The van der Waals surface area contributed by atoms with Gasteiger partial charge in [0.05, 0.1) is 12.5 Å². The maximum atomic E-state index is 6.48. The van der Waals surface area contributed by atoms with Gasteiger partial charge in [-0.3, -0.25) is 0 Å². The summed E-state index contributed by atoms with van der Waals surface area (Å²) in [5, 5.41) is 0. The molecule has 10 nitrogen and oxygen atoms in total. The minimum absolute atomic E-state index is 0.00796. The lowest BCUT2D eigenvalue weighted by Gasteiger charge is -2.49. The molecule has 0 N–H and O–H groups in total. The zero-order valence-corrected chi connectivity index (χ0v) is 31.7. The number of thiocarbonyl (C=S) groups is 6. The van der Waals surface area contributed by atoms with Crippen molar-refractivity contribution in [2.75, 3.05) is 20.3 Å². The largest absolute Gasteiger partial charge is 0.476 e. The highest BCUT2D eigenvalue weighted by Crippen LogP contribution is 2.40. The summed E-state index contributed by atoms with van der Waals surface area (Å²) in [6.07, 6.45) is -6.90. The molecule has 0 aliphatic carbocycles. The average Bonchev–Trinajstić information content (AvgIpc) is 2.84. The average molecular weight is 811 g/mol. The van der Waals surface area contributed by atoms with E-state index in [1.54, 1.807) is 0 Å². The fourth-order valence-corrected chi connectivity index (χ4v) is 5.56. The van der Waals surface area contributed by atoms with Gasteiger partial charge in [0.25, 0.3) is 0 Å². The standard InChI is InChI=1S/C20H26O10S12/c1-6-8(4-22-14(31)32)25-12(11(28-17(37)38)10(6)27-16(35)36)24-7-3-20(29-18(39)40,30-19(41)42)13(21-2)26-9(7)5-23-15(33)34/h6-13H,3-5H2,1-2H3,(H,31,32)(H,33,34)(H,35,36)(H,37,38)(H,39,40)(H,41,42)/t6-,7+,8?,9?,10?,11?,12-,13-/m1/s1. The monoisotopic (exact) mass is 810 g/mol. The van der Waals surface area contributed by atoms with Crippen LogP contribution in [-0.2, 0) is 47.4 Å². The van der Waals surface area contributed by atoms with Gasteiger partial charge in [0.2, 0.25) is 32.6 Å². The van der Waals surface area contributed by atoms with Crippen LogP contribution >= 0.6 is 149 Å². The van der Waals surface area contributed by atoms with E-state index in [1.165, 1.54) is 7.11 Å². The molecule has 42 heavy (non-hydrogen) atoms. The Morgan fingerprint density at radius 2 is 1.21 bits per heavy atom. The van der Waals surface area contributed by atoms with E-state index in [9.17, 15) is 0 Å². The van der Waals surface area contributed by atoms with Crippen LogP contribution < -0.4 is 0 Å². The van der Waals surface area contributed by atoms with Gasteiger partial charge in [-0.05, 0) is 73.3 Å². The Kier molecular flexibility index (Phi) is 17.5. The zero-order valence-electron chi connectivity index (χ0n) is 21.5. The molecule has 2 rings (SSSR count). The minimum atomic E-state index is -1.80. The van der Waals surface area contributed by atoms with Crippen LogP contribution in [0.3, 0.4) is 0 Å². The van der Waals surface area contributed by atoms with Gasteiger partial charge >= 0.3 is 5.79 Å². The molecule has 238 valence electrons. The van der Waals surface area contributed by atoms with Gasteiger partial charge in [-0.25, -0.2) is 0 Å². The highest BCUT2D eigenvalue weighted by Gasteiger charge is 2.57. The van der Waals surface area contributed by atoms with Crippen molar-refractivity contribution >= 4 is 175 Å². The SMILES string of the molecule is CO[C@@H]1OC(COC(=S)S)[C@@H](O[C@@H]2OC(COC(=S)S)[C@@H](C)C(OC(=S)S)C2OC(=S)S)CC1(OC(=S)S)OC(=S)S. The Labute approximate surface area is 308 Å². The molecule has 0 saturated carbocycles. The second kappa shape index (κ2) is 18.6. The smallest absolute Gasteiger partial charge is 0.307 e. The van der Waals surface area contributed by atoms with Crippen LogP contribution in [-0.4, -0.2) is 95.5 Å². The van der Waals surface area contributed by atoms with E-state index >= 15 is 0 Å².